The average molecular weight is 411 g/mol. The van der Waals surface area contributed by atoms with Crippen LogP contribution in [0.2, 0.25) is 5.02 Å². The van der Waals surface area contributed by atoms with Crippen molar-refractivity contribution in [3.05, 3.63) is 57.9 Å². The Labute approximate surface area is 159 Å². The molecule has 136 valence electrons. The molecule has 0 bridgehead atoms. The SMILES string of the molecule is COC(=O)Cn1c(=NS(=O)(=O)c2ccc(C)cc2)sc2cc(Cl)ccc21. The van der Waals surface area contributed by atoms with Crippen LogP contribution in [0.4, 0.5) is 0 Å². The van der Waals surface area contributed by atoms with Gasteiger partial charge in [-0.1, -0.05) is 40.6 Å². The second-order valence-electron chi connectivity index (χ2n) is 5.54. The van der Waals surface area contributed by atoms with Crippen LogP contribution in [-0.4, -0.2) is 26.1 Å². The summed E-state index contributed by atoms with van der Waals surface area (Å²) in [5.41, 5.74) is 1.60. The summed E-state index contributed by atoms with van der Waals surface area (Å²) < 4.78 is 36.2. The number of benzene rings is 2. The van der Waals surface area contributed by atoms with Gasteiger partial charge in [-0.2, -0.15) is 8.42 Å². The van der Waals surface area contributed by atoms with Gasteiger partial charge < -0.3 is 9.30 Å². The van der Waals surface area contributed by atoms with Gasteiger partial charge in [0, 0.05) is 5.02 Å². The van der Waals surface area contributed by atoms with Gasteiger partial charge in [0.1, 0.15) is 6.54 Å². The number of carbonyl (C=O) groups excluding carboxylic acids is 1. The molecule has 2 aromatic carbocycles. The number of ether oxygens (including phenoxy) is 1. The van der Waals surface area contributed by atoms with Crippen molar-refractivity contribution in [2.24, 2.45) is 4.40 Å². The van der Waals surface area contributed by atoms with E-state index in [2.05, 4.69) is 4.40 Å². The Morgan fingerprint density at radius 1 is 1.23 bits per heavy atom. The van der Waals surface area contributed by atoms with Crippen LogP contribution >= 0.6 is 22.9 Å². The summed E-state index contributed by atoms with van der Waals surface area (Å²) in [4.78, 5) is 12.0. The van der Waals surface area contributed by atoms with E-state index in [9.17, 15) is 13.2 Å². The van der Waals surface area contributed by atoms with Crippen molar-refractivity contribution in [1.29, 1.82) is 0 Å². The highest BCUT2D eigenvalue weighted by Crippen LogP contribution is 2.22. The molecule has 0 saturated carbocycles. The zero-order valence-electron chi connectivity index (χ0n) is 14.0. The highest BCUT2D eigenvalue weighted by atomic mass is 35.5. The standard InChI is InChI=1S/C17H15ClN2O4S2/c1-11-3-6-13(7-4-11)26(22,23)19-17-20(10-16(21)24-2)14-8-5-12(18)9-15(14)25-17/h3-9H,10H2,1-2H3. The van der Waals surface area contributed by atoms with Crippen LogP contribution < -0.4 is 4.80 Å². The molecule has 6 nitrogen and oxygen atoms in total. The molecular weight excluding hydrogens is 396 g/mol. The molecule has 0 N–H and O–H groups in total. The van der Waals surface area contributed by atoms with Gasteiger partial charge in [-0.25, -0.2) is 0 Å². The second kappa shape index (κ2) is 7.22. The molecule has 9 heteroatoms. The van der Waals surface area contributed by atoms with Crippen molar-refractivity contribution in [2.45, 2.75) is 18.4 Å². The van der Waals surface area contributed by atoms with Gasteiger partial charge in [-0.05, 0) is 37.3 Å². The first-order chi connectivity index (χ1) is 12.3. The van der Waals surface area contributed by atoms with Gasteiger partial charge in [0.25, 0.3) is 10.0 Å². The number of rotatable bonds is 4. The van der Waals surface area contributed by atoms with Gasteiger partial charge in [0.2, 0.25) is 4.80 Å². The number of thiazole rings is 1. The lowest BCUT2D eigenvalue weighted by Crippen LogP contribution is -2.22. The van der Waals surface area contributed by atoms with Crippen LogP contribution in [0.5, 0.6) is 0 Å². The molecule has 0 fully saturated rings. The van der Waals surface area contributed by atoms with Gasteiger partial charge in [-0.3, -0.25) is 4.79 Å². The van der Waals surface area contributed by atoms with E-state index in [-0.39, 0.29) is 16.2 Å². The minimum absolute atomic E-state index is 0.0863. The van der Waals surface area contributed by atoms with E-state index < -0.39 is 16.0 Å². The first kappa shape index (κ1) is 18.6. The Bertz CT molecular complexity index is 1150. The number of esters is 1. The molecular formula is C17H15ClN2O4S2. The summed E-state index contributed by atoms with van der Waals surface area (Å²) >= 11 is 7.15. The normalized spacial score (nSPS) is 12.5. The van der Waals surface area contributed by atoms with Gasteiger partial charge in [-0.15, -0.1) is 4.40 Å². The summed E-state index contributed by atoms with van der Waals surface area (Å²) in [5, 5.41) is 0.511. The third-order valence-electron chi connectivity index (χ3n) is 3.68. The lowest BCUT2D eigenvalue weighted by atomic mass is 10.2. The lowest BCUT2D eigenvalue weighted by Gasteiger charge is -2.04. The zero-order valence-corrected chi connectivity index (χ0v) is 16.4. The summed E-state index contributed by atoms with van der Waals surface area (Å²) in [7, 11) is -2.65. The fourth-order valence-electron chi connectivity index (χ4n) is 2.33. The van der Waals surface area contributed by atoms with E-state index >= 15 is 0 Å². The Morgan fingerprint density at radius 2 is 1.92 bits per heavy atom. The maximum absolute atomic E-state index is 12.6. The molecule has 0 aliphatic rings. The van der Waals surface area contributed by atoms with Crippen LogP contribution in [0.15, 0.2) is 51.8 Å². The Balaban J connectivity index is 2.22. The number of hydrogen-bond donors (Lipinski definition) is 0. The molecule has 0 aliphatic heterocycles. The average Bonchev–Trinajstić information content (AvgIpc) is 2.90. The van der Waals surface area contributed by atoms with Gasteiger partial charge in [0.05, 0.1) is 22.2 Å². The Hall–Kier alpha value is -2.16. The Morgan fingerprint density at radius 3 is 2.58 bits per heavy atom. The van der Waals surface area contributed by atoms with Crippen molar-refractivity contribution in [3.8, 4) is 0 Å². The van der Waals surface area contributed by atoms with E-state index in [1.54, 1.807) is 30.3 Å². The molecule has 0 aliphatic carbocycles. The third kappa shape index (κ3) is 3.82. The molecule has 0 saturated heterocycles. The van der Waals surface area contributed by atoms with Crippen molar-refractivity contribution in [1.82, 2.24) is 4.57 Å². The lowest BCUT2D eigenvalue weighted by molar-refractivity contribution is -0.141. The number of nitrogens with zero attached hydrogens (tertiary/aromatic N) is 2. The first-order valence-electron chi connectivity index (χ1n) is 7.53. The monoisotopic (exact) mass is 410 g/mol. The largest absolute Gasteiger partial charge is 0.468 e. The van der Waals surface area contributed by atoms with Crippen LogP contribution in [0.25, 0.3) is 10.2 Å². The predicted octanol–water partition coefficient (Wildman–Crippen LogP) is 3.13. The van der Waals surface area contributed by atoms with Gasteiger partial charge >= 0.3 is 5.97 Å². The molecule has 0 spiro atoms. The molecule has 3 rings (SSSR count). The number of sulfonamides is 1. The van der Waals surface area contributed by atoms with Crippen LogP contribution in [0.1, 0.15) is 5.56 Å². The fraction of sp³-hybridized carbons (Fsp3) is 0.176. The minimum Gasteiger partial charge on any atom is -0.468 e. The van der Waals surface area contributed by atoms with Crippen LogP contribution in [-0.2, 0) is 26.1 Å². The molecule has 0 atom stereocenters. The third-order valence-corrected chi connectivity index (χ3v) is 6.35. The highest BCUT2D eigenvalue weighted by molar-refractivity contribution is 7.90. The molecule has 0 unspecified atom stereocenters. The molecule has 1 heterocycles. The van der Waals surface area contributed by atoms with Crippen LogP contribution in [0.3, 0.4) is 0 Å². The number of hydrogen-bond acceptors (Lipinski definition) is 5. The number of methoxy groups -OCH3 is 1. The molecule has 3 aromatic rings. The quantitative estimate of drug-likeness (QED) is 0.619. The van der Waals surface area contributed by atoms with Gasteiger partial charge in [0.15, 0.2) is 0 Å². The highest BCUT2D eigenvalue weighted by Gasteiger charge is 2.16. The van der Waals surface area contributed by atoms with Crippen molar-refractivity contribution in [2.75, 3.05) is 7.11 Å². The molecule has 0 radical (unpaired) electrons. The second-order valence-corrected chi connectivity index (χ2v) is 8.59. The summed E-state index contributed by atoms with van der Waals surface area (Å²) in [6, 6.07) is 11.5. The van der Waals surface area contributed by atoms with E-state index in [0.29, 0.717) is 10.5 Å². The summed E-state index contributed by atoms with van der Waals surface area (Å²) in [5.74, 6) is -0.506. The van der Waals surface area contributed by atoms with Crippen molar-refractivity contribution >= 4 is 49.1 Å². The predicted molar refractivity (Wildman–Crippen MR) is 101 cm³/mol. The first-order valence-corrected chi connectivity index (χ1v) is 10.2. The minimum atomic E-state index is -3.92. The maximum Gasteiger partial charge on any atom is 0.325 e. The van der Waals surface area contributed by atoms with E-state index in [4.69, 9.17) is 16.3 Å². The molecule has 26 heavy (non-hydrogen) atoms. The molecule has 0 amide bonds. The van der Waals surface area contributed by atoms with E-state index in [1.165, 1.54) is 23.8 Å². The number of carbonyl (C=O) groups is 1. The number of aromatic nitrogens is 1. The van der Waals surface area contributed by atoms with E-state index in [0.717, 1.165) is 21.6 Å². The Kier molecular flexibility index (Phi) is 5.17. The van der Waals surface area contributed by atoms with Crippen LogP contribution in [0, 0.1) is 6.92 Å². The number of fused-ring (bicyclic) bond motifs is 1. The van der Waals surface area contributed by atoms with Crippen molar-refractivity contribution in [3.63, 3.8) is 0 Å². The number of halogens is 1. The fourth-order valence-corrected chi connectivity index (χ4v) is 4.84. The number of aryl methyl sites for hydroxylation is 1. The summed E-state index contributed by atoms with van der Waals surface area (Å²) in [6.45, 7) is 1.72. The summed E-state index contributed by atoms with van der Waals surface area (Å²) in [6.07, 6.45) is 0. The topological polar surface area (TPSA) is 77.7 Å². The smallest absolute Gasteiger partial charge is 0.325 e. The van der Waals surface area contributed by atoms with E-state index in [1.807, 2.05) is 6.92 Å². The van der Waals surface area contributed by atoms with Crippen molar-refractivity contribution < 1.29 is 17.9 Å². The zero-order chi connectivity index (χ0) is 18.9. The molecule has 1 aromatic heterocycles. The maximum atomic E-state index is 12.6.